The summed E-state index contributed by atoms with van der Waals surface area (Å²) in [6.07, 6.45) is 0. The number of hydrogen-bond acceptors (Lipinski definition) is 4. The molecular weight excluding hydrogens is 330 g/mol. The van der Waals surface area contributed by atoms with Crippen LogP contribution in [0.25, 0.3) is 11.0 Å². The highest BCUT2D eigenvalue weighted by Gasteiger charge is 2.15. The van der Waals surface area contributed by atoms with Gasteiger partial charge in [-0.15, -0.1) is 0 Å². The zero-order valence-electron chi connectivity index (χ0n) is 15.0. The van der Waals surface area contributed by atoms with Crippen LogP contribution in [-0.2, 0) is 11.5 Å². The van der Waals surface area contributed by atoms with Gasteiger partial charge in [-0.2, -0.15) is 4.98 Å². The molecule has 3 rings (SSSR count). The van der Waals surface area contributed by atoms with Crippen LogP contribution >= 0.6 is 0 Å². The highest BCUT2D eigenvalue weighted by molar-refractivity contribution is 6.76. The maximum absolute atomic E-state index is 5.90. The Balaban J connectivity index is 1.72. The SMILES string of the molecule is C[Si](C)(C)CCOCn1c(ONc2ccccc2)nc2ccccc21. The first-order valence-electron chi connectivity index (χ1n) is 8.54. The van der Waals surface area contributed by atoms with Gasteiger partial charge in [0.1, 0.15) is 6.73 Å². The third-order valence-electron chi connectivity index (χ3n) is 3.87. The molecule has 25 heavy (non-hydrogen) atoms. The summed E-state index contributed by atoms with van der Waals surface area (Å²) >= 11 is 0. The highest BCUT2D eigenvalue weighted by Crippen LogP contribution is 2.22. The van der Waals surface area contributed by atoms with E-state index in [2.05, 4.69) is 30.1 Å². The Morgan fingerprint density at radius 2 is 1.72 bits per heavy atom. The number of imidazole rings is 1. The normalized spacial score (nSPS) is 11.6. The maximum Gasteiger partial charge on any atom is 0.326 e. The number of anilines is 1. The van der Waals surface area contributed by atoms with E-state index in [0.29, 0.717) is 12.7 Å². The van der Waals surface area contributed by atoms with Crippen molar-refractivity contribution in [2.75, 3.05) is 12.1 Å². The van der Waals surface area contributed by atoms with Crippen LogP contribution in [0, 0.1) is 0 Å². The van der Waals surface area contributed by atoms with Gasteiger partial charge < -0.3 is 9.57 Å². The van der Waals surface area contributed by atoms with Crippen LogP contribution in [-0.4, -0.2) is 24.2 Å². The first-order chi connectivity index (χ1) is 12.0. The molecule has 0 bridgehead atoms. The summed E-state index contributed by atoms with van der Waals surface area (Å²) in [7, 11) is -1.10. The minimum atomic E-state index is -1.10. The summed E-state index contributed by atoms with van der Waals surface area (Å²) in [4.78, 5) is 10.3. The molecule has 132 valence electrons. The number of para-hydroxylation sites is 3. The molecule has 0 aliphatic rings. The molecule has 0 atom stereocenters. The van der Waals surface area contributed by atoms with Gasteiger partial charge >= 0.3 is 6.01 Å². The molecule has 0 aliphatic carbocycles. The van der Waals surface area contributed by atoms with Crippen LogP contribution in [0.15, 0.2) is 54.6 Å². The van der Waals surface area contributed by atoms with Crippen molar-refractivity contribution in [2.45, 2.75) is 32.4 Å². The van der Waals surface area contributed by atoms with Gasteiger partial charge in [-0.1, -0.05) is 50.0 Å². The van der Waals surface area contributed by atoms with E-state index in [0.717, 1.165) is 29.4 Å². The lowest BCUT2D eigenvalue weighted by Crippen LogP contribution is -2.22. The average molecular weight is 356 g/mol. The minimum absolute atomic E-state index is 0.427. The Labute approximate surface area is 149 Å². The van der Waals surface area contributed by atoms with Crippen LogP contribution in [0.4, 0.5) is 5.69 Å². The fraction of sp³-hybridized carbons (Fsp3) is 0.316. The largest absolute Gasteiger partial charge is 0.361 e. The molecule has 0 unspecified atom stereocenters. The Morgan fingerprint density at radius 1 is 1.00 bits per heavy atom. The van der Waals surface area contributed by atoms with E-state index in [9.17, 15) is 0 Å². The van der Waals surface area contributed by atoms with Crippen LogP contribution in [0.2, 0.25) is 25.7 Å². The fourth-order valence-electron chi connectivity index (χ4n) is 2.40. The smallest absolute Gasteiger partial charge is 0.326 e. The molecule has 0 spiro atoms. The molecule has 3 aromatic rings. The predicted octanol–water partition coefficient (Wildman–Crippen LogP) is 4.75. The van der Waals surface area contributed by atoms with Gasteiger partial charge in [0.05, 0.1) is 16.7 Å². The van der Waals surface area contributed by atoms with Crippen molar-refractivity contribution >= 4 is 24.8 Å². The second-order valence-electron chi connectivity index (χ2n) is 7.23. The number of hydrogen-bond donors (Lipinski definition) is 1. The summed E-state index contributed by atoms with van der Waals surface area (Å²) in [6.45, 7) is 8.23. The van der Waals surface area contributed by atoms with E-state index >= 15 is 0 Å². The molecular formula is C19H25N3O2Si. The van der Waals surface area contributed by atoms with Crippen LogP contribution < -0.4 is 10.3 Å². The van der Waals surface area contributed by atoms with Gasteiger partial charge in [0.2, 0.25) is 0 Å². The highest BCUT2D eigenvalue weighted by atomic mass is 28.3. The van der Waals surface area contributed by atoms with Gasteiger partial charge in [0.25, 0.3) is 0 Å². The zero-order chi connectivity index (χ0) is 17.7. The van der Waals surface area contributed by atoms with Crippen LogP contribution in [0.5, 0.6) is 6.01 Å². The Bertz CT molecular complexity index is 812. The molecule has 0 saturated heterocycles. The van der Waals surface area contributed by atoms with E-state index in [1.54, 1.807) is 0 Å². The van der Waals surface area contributed by atoms with Crippen molar-refractivity contribution in [1.29, 1.82) is 0 Å². The second kappa shape index (κ2) is 7.71. The van der Waals surface area contributed by atoms with Gasteiger partial charge in [-0.3, -0.25) is 4.57 Å². The van der Waals surface area contributed by atoms with Gasteiger partial charge in [-0.05, 0) is 30.3 Å². The minimum Gasteiger partial charge on any atom is -0.361 e. The number of rotatable bonds is 8. The molecule has 0 fully saturated rings. The molecule has 1 aromatic heterocycles. The third kappa shape index (κ3) is 4.84. The fourth-order valence-corrected chi connectivity index (χ4v) is 3.16. The van der Waals surface area contributed by atoms with E-state index < -0.39 is 8.07 Å². The van der Waals surface area contributed by atoms with Gasteiger partial charge in [0, 0.05) is 14.7 Å². The lowest BCUT2D eigenvalue weighted by molar-refractivity contribution is 0.0836. The number of fused-ring (bicyclic) bond motifs is 1. The average Bonchev–Trinajstić information content (AvgIpc) is 2.95. The standard InChI is InChI=1S/C19H25N3O2Si/c1-25(2,3)14-13-23-15-22-18-12-8-7-11-17(18)20-19(22)24-21-16-9-5-4-6-10-16/h4-12,21H,13-15H2,1-3H3. The molecule has 2 aromatic carbocycles. The third-order valence-corrected chi connectivity index (χ3v) is 5.57. The number of nitrogens with zero attached hydrogens (tertiary/aromatic N) is 2. The summed E-state index contributed by atoms with van der Waals surface area (Å²) in [5, 5.41) is 0. The Morgan fingerprint density at radius 3 is 2.48 bits per heavy atom. The number of nitrogens with one attached hydrogen (secondary N) is 1. The predicted molar refractivity (Wildman–Crippen MR) is 105 cm³/mol. The van der Waals surface area contributed by atoms with E-state index in [1.807, 2.05) is 59.2 Å². The number of ether oxygens (including phenoxy) is 1. The van der Waals surface area contributed by atoms with Crippen molar-refractivity contribution < 1.29 is 9.57 Å². The zero-order valence-corrected chi connectivity index (χ0v) is 16.0. The summed E-state index contributed by atoms with van der Waals surface area (Å²) in [5.41, 5.74) is 5.71. The Hall–Kier alpha value is -2.31. The van der Waals surface area contributed by atoms with Gasteiger partial charge in [-0.25, -0.2) is 5.48 Å². The molecule has 0 amide bonds. The van der Waals surface area contributed by atoms with Crippen LogP contribution in [0.3, 0.4) is 0 Å². The molecule has 0 radical (unpaired) electrons. The lowest BCUT2D eigenvalue weighted by atomic mass is 10.3. The van der Waals surface area contributed by atoms with Crippen LogP contribution in [0.1, 0.15) is 0 Å². The van der Waals surface area contributed by atoms with E-state index in [4.69, 9.17) is 9.57 Å². The first kappa shape index (κ1) is 17.5. The summed E-state index contributed by atoms with van der Waals surface area (Å²) in [5.74, 6) is 0. The van der Waals surface area contributed by atoms with E-state index in [1.165, 1.54) is 0 Å². The molecule has 5 nitrogen and oxygen atoms in total. The topological polar surface area (TPSA) is 48.3 Å². The van der Waals surface area contributed by atoms with E-state index in [-0.39, 0.29) is 0 Å². The van der Waals surface area contributed by atoms with Crippen molar-refractivity contribution in [3.63, 3.8) is 0 Å². The first-order valence-corrected chi connectivity index (χ1v) is 12.2. The number of benzene rings is 2. The molecule has 1 heterocycles. The monoisotopic (exact) mass is 355 g/mol. The Kier molecular flexibility index (Phi) is 5.40. The van der Waals surface area contributed by atoms with Crippen molar-refractivity contribution in [1.82, 2.24) is 9.55 Å². The van der Waals surface area contributed by atoms with Gasteiger partial charge in [0.15, 0.2) is 0 Å². The van der Waals surface area contributed by atoms with Crippen molar-refractivity contribution in [3.8, 4) is 6.01 Å². The second-order valence-corrected chi connectivity index (χ2v) is 12.9. The molecule has 6 heteroatoms. The summed E-state index contributed by atoms with van der Waals surface area (Å²) < 4.78 is 7.86. The lowest BCUT2D eigenvalue weighted by Gasteiger charge is -2.16. The van der Waals surface area contributed by atoms with Crippen molar-refractivity contribution in [2.24, 2.45) is 0 Å². The molecule has 0 aliphatic heterocycles. The van der Waals surface area contributed by atoms with Crippen molar-refractivity contribution in [3.05, 3.63) is 54.6 Å². The quantitative estimate of drug-likeness (QED) is 0.360. The summed E-state index contributed by atoms with van der Waals surface area (Å²) in [6, 6.07) is 19.4. The molecule has 0 saturated carbocycles. The maximum atomic E-state index is 5.90. The number of aromatic nitrogens is 2. The molecule has 1 N–H and O–H groups in total.